The third kappa shape index (κ3) is 2.27. The number of hydrogen-bond donors (Lipinski definition) is 2. The largest absolute Gasteiger partial charge is 0.357 e. The first-order valence-electron chi connectivity index (χ1n) is 3.91. The molecule has 0 radical (unpaired) electrons. The lowest BCUT2D eigenvalue weighted by molar-refractivity contribution is -0.133. The summed E-state index contributed by atoms with van der Waals surface area (Å²) < 4.78 is 0. The summed E-state index contributed by atoms with van der Waals surface area (Å²) in [5.74, 6) is 4.76. The zero-order valence-electron chi connectivity index (χ0n) is 7.36. The molecule has 13 heavy (non-hydrogen) atoms. The van der Waals surface area contributed by atoms with Crippen LogP contribution in [0.2, 0.25) is 0 Å². The van der Waals surface area contributed by atoms with E-state index < -0.39 is 6.10 Å². The van der Waals surface area contributed by atoms with Crippen LogP contribution in [0.3, 0.4) is 0 Å². The third-order valence-corrected chi connectivity index (χ3v) is 1.72. The van der Waals surface area contributed by atoms with E-state index in [-0.39, 0.29) is 5.91 Å². The average Bonchev–Trinajstić information content (AvgIpc) is 2.20. The molecule has 0 saturated heterocycles. The highest BCUT2D eigenvalue weighted by molar-refractivity contribution is 5.81. The number of nitrogens with two attached hydrogens (primary N) is 1. The summed E-state index contributed by atoms with van der Waals surface area (Å²) in [6, 6.07) is 9.08. The van der Waals surface area contributed by atoms with Crippen molar-refractivity contribution in [1.29, 1.82) is 0 Å². The quantitative estimate of drug-likeness (QED) is 0.660. The smallest absolute Gasteiger partial charge is 0.255 e. The van der Waals surface area contributed by atoms with Crippen LogP contribution in [-0.2, 0) is 9.63 Å². The maximum absolute atomic E-state index is 11.2. The van der Waals surface area contributed by atoms with Crippen molar-refractivity contribution in [3.05, 3.63) is 35.9 Å². The van der Waals surface area contributed by atoms with Gasteiger partial charge in [-0.2, -0.15) is 0 Å². The van der Waals surface area contributed by atoms with Gasteiger partial charge in [0.15, 0.2) is 6.10 Å². The average molecular weight is 180 g/mol. The molecule has 0 aromatic heterocycles. The van der Waals surface area contributed by atoms with Crippen LogP contribution in [0, 0.1) is 0 Å². The van der Waals surface area contributed by atoms with Crippen molar-refractivity contribution in [3.63, 3.8) is 0 Å². The molecule has 70 valence electrons. The fourth-order valence-electron chi connectivity index (χ4n) is 1.05. The van der Waals surface area contributed by atoms with Crippen molar-refractivity contribution in [1.82, 2.24) is 5.32 Å². The van der Waals surface area contributed by atoms with Gasteiger partial charge in [0.05, 0.1) is 0 Å². The minimum atomic E-state index is -0.730. The lowest BCUT2D eigenvalue weighted by atomic mass is 10.1. The maximum Gasteiger partial charge on any atom is 0.255 e. The Kier molecular flexibility index (Phi) is 3.42. The molecule has 0 spiro atoms. The predicted octanol–water partition coefficient (Wildman–Crippen LogP) is 0.364. The van der Waals surface area contributed by atoms with E-state index in [0.717, 1.165) is 5.56 Å². The van der Waals surface area contributed by atoms with Crippen LogP contribution < -0.4 is 11.2 Å². The number of carbonyl (C=O) groups excluding carboxylic acids is 1. The topological polar surface area (TPSA) is 64.3 Å². The van der Waals surface area contributed by atoms with Gasteiger partial charge in [0.2, 0.25) is 0 Å². The molecule has 1 amide bonds. The van der Waals surface area contributed by atoms with Gasteiger partial charge in [-0.05, 0) is 5.56 Å². The van der Waals surface area contributed by atoms with E-state index in [4.69, 9.17) is 5.90 Å². The first-order chi connectivity index (χ1) is 6.29. The highest BCUT2D eigenvalue weighted by Crippen LogP contribution is 2.14. The predicted molar refractivity (Wildman–Crippen MR) is 48.5 cm³/mol. The number of carbonyl (C=O) groups is 1. The van der Waals surface area contributed by atoms with Crippen LogP contribution >= 0.6 is 0 Å². The van der Waals surface area contributed by atoms with E-state index in [1.165, 1.54) is 7.05 Å². The molecule has 0 unspecified atom stereocenters. The molecule has 0 aliphatic rings. The fraction of sp³-hybridized carbons (Fsp3) is 0.222. The van der Waals surface area contributed by atoms with Gasteiger partial charge >= 0.3 is 0 Å². The van der Waals surface area contributed by atoms with Crippen LogP contribution in [0.1, 0.15) is 11.7 Å². The SMILES string of the molecule is CNC(=O)[C@@H](ON)c1ccccc1. The molecule has 4 nitrogen and oxygen atoms in total. The van der Waals surface area contributed by atoms with E-state index in [9.17, 15) is 4.79 Å². The summed E-state index contributed by atoms with van der Waals surface area (Å²) in [5, 5.41) is 2.47. The molecule has 0 bridgehead atoms. The molecular weight excluding hydrogens is 168 g/mol. The summed E-state index contributed by atoms with van der Waals surface area (Å²) in [5.41, 5.74) is 0.740. The number of nitrogens with one attached hydrogen (secondary N) is 1. The summed E-state index contributed by atoms with van der Waals surface area (Å²) in [6.45, 7) is 0. The Bertz CT molecular complexity index is 274. The van der Waals surface area contributed by atoms with Gasteiger partial charge in [-0.3, -0.25) is 9.63 Å². The first kappa shape index (κ1) is 9.70. The van der Waals surface area contributed by atoms with Gasteiger partial charge in [0.25, 0.3) is 5.91 Å². The lowest BCUT2D eigenvalue weighted by Gasteiger charge is -2.12. The molecule has 0 aliphatic heterocycles. The van der Waals surface area contributed by atoms with Crippen molar-refractivity contribution < 1.29 is 9.63 Å². The Balaban J connectivity index is 2.85. The Morgan fingerprint density at radius 1 is 1.46 bits per heavy atom. The molecular formula is C9H12N2O2. The molecule has 1 rings (SSSR count). The molecule has 1 atom stereocenters. The summed E-state index contributed by atoms with van der Waals surface area (Å²) >= 11 is 0. The molecule has 1 aromatic carbocycles. The van der Waals surface area contributed by atoms with Crippen LogP contribution in [0.4, 0.5) is 0 Å². The van der Waals surface area contributed by atoms with E-state index >= 15 is 0 Å². The van der Waals surface area contributed by atoms with Crippen molar-refractivity contribution >= 4 is 5.91 Å². The van der Waals surface area contributed by atoms with E-state index in [1.807, 2.05) is 18.2 Å². The maximum atomic E-state index is 11.2. The van der Waals surface area contributed by atoms with E-state index in [0.29, 0.717) is 0 Å². The number of rotatable bonds is 3. The highest BCUT2D eigenvalue weighted by atomic mass is 16.6. The van der Waals surface area contributed by atoms with Crippen LogP contribution in [-0.4, -0.2) is 13.0 Å². The molecule has 0 aliphatic carbocycles. The zero-order valence-corrected chi connectivity index (χ0v) is 7.36. The summed E-state index contributed by atoms with van der Waals surface area (Å²) in [7, 11) is 1.54. The Hall–Kier alpha value is -1.39. The number of benzene rings is 1. The molecule has 0 fully saturated rings. The van der Waals surface area contributed by atoms with Crippen molar-refractivity contribution in [2.45, 2.75) is 6.10 Å². The molecule has 4 heteroatoms. The number of likely N-dealkylation sites (N-methyl/N-ethyl adjacent to an activating group) is 1. The molecule has 0 saturated carbocycles. The summed E-state index contributed by atoms with van der Waals surface area (Å²) in [6.07, 6.45) is -0.730. The Labute approximate surface area is 76.6 Å². The monoisotopic (exact) mass is 180 g/mol. The fourth-order valence-corrected chi connectivity index (χ4v) is 1.05. The van der Waals surface area contributed by atoms with E-state index in [1.54, 1.807) is 12.1 Å². The van der Waals surface area contributed by atoms with Gasteiger partial charge in [-0.1, -0.05) is 30.3 Å². The van der Waals surface area contributed by atoms with Crippen LogP contribution in [0.15, 0.2) is 30.3 Å². The van der Waals surface area contributed by atoms with Gasteiger partial charge in [-0.15, -0.1) is 0 Å². The standard InChI is InChI=1S/C9H12N2O2/c1-11-9(12)8(13-10)7-5-3-2-4-6-7/h2-6,8H,10H2,1H3,(H,11,12)/t8-/m0/s1. The van der Waals surface area contributed by atoms with E-state index in [2.05, 4.69) is 10.2 Å². The Morgan fingerprint density at radius 3 is 2.54 bits per heavy atom. The normalized spacial score (nSPS) is 12.2. The summed E-state index contributed by atoms with van der Waals surface area (Å²) in [4.78, 5) is 15.8. The molecule has 3 N–H and O–H groups in total. The minimum absolute atomic E-state index is 0.256. The zero-order chi connectivity index (χ0) is 9.68. The number of hydrogen-bond acceptors (Lipinski definition) is 3. The second-order valence-corrected chi connectivity index (χ2v) is 2.54. The first-order valence-corrected chi connectivity index (χ1v) is 3.91. The van der Waals surface area contributed by atoms with Crippen molar-refractivity contribution in [2.24, 2.45) is 5.90 Å². The minimum Gasteiger partial charge on any atom is -0.357 e. The molecule has 0 heterocycles. The molecule has 1 aromatic rings. The second-order valence-electron chi connectivity index (χ2n) is 2.54. The van der Waals surface area contributed by atoms with Crippen LogP contribution in [0.5, 0.6) is 0 Å². The van der Waals surface area contributed by atoms with Gasteiger partial charge < -0.3 is 5.32 Å². The van der Waals surface area contributed by atoms with Gasteiger partial charge in [0.1, 0.15) is 0 Å². The van der Waals surface area contributed by atoms with Gasteiger partial charge in [0, 0.05) is 7.05 Å². The second kappa shape index (κ2) is 4.59. The third-order valence-electron chi connectivity index (χ3n) is 1.72. The van der Waals surface area contributed by atoms with Crippen LogP contribution in [0.25, 0.3) is 0 Å². The highest BCUT2D eigenvalue weighted by Gasteiger charge is 2.18. The lowest BCUT2D eigenvalue weighted by Crippen LogP contribution is -2.29. The van der Waals surface area contributed by atoms with Gasteiger partial charge in [-0.25, -0.2) is 5.90 Å². The Morgan fingerprint density at radius 2 is 2.08 bits per heavy atom. The van der Waals surface area contributed by atoms with Crippen molar-refractivity contribution in [3.8, 4) is 0 Å². The van der Waals surface area contributed by atoms with Crippen molar-refractivity contribution in [2.75, 3.05) is 7.05 Å². The number of amides is 1.